The highest BCUT2D eigenvalue weighted by molar-refractivity contribution is 7.80. The summed E-state index contributed by atoms with van der Waals surface area (Å²) in [6.45, 7) is 6.21. The summed E-state index contributed by atoms with van der Waals surface area (Å²) in [5.41, 5.74) is 2.29. The quantitative estimate of drug-likeness (QED) is 0.238. The van der Waals surface area contributed by atoms with Gasteiger partial charge >= 0.3 is 5.97 Å². The number of azo groups is 1. The van der Waals surface area contributed by atoms with Crippen LogP contribution in [0.2, 0.25) is 0 Å². The maximum Gasteiger partial charge on any atom is 0.362 e. The Morgan fingerprint density at radius 3 is 2.59 bits per heavy atom. The summed E-state index contributed by atoms with van der Waals surface area (Å²) in [4.78, 5) is 20.1. The van der Waals surface area contributed by atoms with Crippen LogP contribution in [-0.4, -0.2) is 29.2 Å². The number of thiocarbonyl (C=S) groups is 1. The first-order valence-corrected chi connectivity index (χ1v) is 11.0. The molecule has 3 heterocycles. The van der Waals surface area contributed by atoms with Gasteiger partial charge in [0, 0.05) is 23.7 Å². The van der Waals surface area contributed by atoms with Gasteiger partial charge in [-0.05, 0) is 62.5 Å². The Kier molecular flexibility index (Phi) is 5.65. The first kappa shape index (κ1) is 19.6. The molecule has 0 amide bonds. The SMILES string of the molecule is CCN(CC)c1ccc(N=Nc2nc3sc(/C=C4/NC(=S)OC4=O)cc3s2)cc1. The number of rotatable bonds is 6. The number of carbonyl (C=O) groups excluding carboxylic acids is 1. The largest absolute Gasteiger partial charge is 0.394 e. The molecule has 1 aliphatic rings. The molecule has 0 bridgehead atoms. The van der Waals surface area contributed by atoms with Crippen LogP contribution in [0.1, 0.15) is 18.7 Å². The summed E-state index contributed by atoms with van der Waals surface area (Å²) in [6.07, 6.45) is 1.71. The van der Waals surface area contributed by atoms with Crippen molar-refractivity contribution in [1.82, 2.24) is 10.3 Å². The smallest absolute Gasteiger partial charge is 0.362 e. The lowest BCUT2D eigenvalue weighted by Gasteiger charge is -2.20. The van der Waals surface area contributed by atoms with Crippen LogP contribution < -0.4 is 10.2 Å². The average molecular weight is 444 g/mol. The Morgan fingerprint density at radius 2 is 1.97 bits per heavy atom. The van der Waals surface area contributed by atoms with Gasteiger partial charge in [-0.15, -0.1) is 21.6 Å². The third kappa shape index (κ3) is 4.34. The number of hydrogen-bond donors (Lipinski definition) is 1. The van der Waals surface area contributed by atoms with E-state index in [0.29, 0.717) is 10.8 Å². The minimum absolute atomic E-state index is 0.0746. The van der Waals surface area contributed by atoms with E-state index in [1.807, 2.05) is 18.2 Å². The number of nitrogens with zero attached hydrogens (tertiary/aromatic N) is 4. The fourth-order valence-corrected chi connectivity index (χ4v) is 5.01. The zero-order valence-corrected chi connectivity index (χ0v) is 18.2. The molecule has 0 saturated carbocycles. The second-order valence-corrected chi connectivity index (χ2v) is 8.51. The molecule has 7 nitrogen and oxygen atoms in total. The number of cyclic esters (lactones) is 1. The molecule has 10 heteroatoms. The van der Waals surface area contributed by atoms with Gasteiger partial charge in [0.15, 0.2) is 0 Å². The minimum Gasteiger partial charge on any atom is -0.394 e. The van der Waals surface area contributed by atoms with Crippen LogP contribution in [0.25, 0.3) is 15.6 Å². The van der Waals surface area contributed by atoms with Gasteiger partial charge in [0.05, 0.1) is 10.4 Å². The number of nitrogens with one attached hydrogen (secondary N) is 1. The van der Waals surface area contributed by atoms with Crippen LogP contribution in [0.5, 0.6) is 0 Å². The molecule has 2 aromatic heterocycles. The van der Waals surface area contributed by atoms with E-state index in [1.54, 1.807) is 6.08 Å². The van der Waals surface area contributed by atoms with Gasteiger partial charge < -0.3 is 15.0 Å². The fraction of sp³-hybridized carbons (Fsp3) is 0.211. The Hall–Kier alpha value is -2.69. The van der Waals surface area contributed by atoms with Gasteiger partial charge in [-0.1, -0.05) is 11.3 Å². The summed E-state index contributed by atoms with van der Waals surface area (Å²) < 4.78 is 5.79. The van der Waals surface area contributed by atoms with Crippen LogP contribution in [-0.2, 0) is 9.53 Å². The van der Waals surface area contributed by atoms with E-state index < -0.39 is 5.97 Å². The highest BCUT2D eigenvalue weighted by Gasteiger charge is 2.23. The number of aromatic nitrogens is 1. The number of thiophene rings is 1. The van der Waals surface area contributed by atoms with Crippen molar-refractivity contribution in [3.05, 3.63) is 40.9 Å². The van der Waals surface area contributed by atoms with Crippen molar-refractivity contribution < 1.29 is 9.53 Å². The lowest BCUT2D eigenvalue weighted by molar-refractivity contribution is -0.129. The van der Waals surface area contributed by atoms with Gasteiger partial charge in [0.2, 0.25) is 5.13 Å². The molecule has 0 atom stereocenters. The number of anilines is 1. The van der Waals surface area contributed by atoms with Gasteiger partial charge in [-0.3, -0.25) is 0 Å². The topological polar surface area (TPSA) is 79.2 Å². The second kappa shape index (κ2) is 8.36. The van der Waals surface area contributed by atoms with E-state index in [1.165, 1.54) is 28.4 Å². The van der Waals surface area contributed by atoms with Crippen molar-refractivity contribution in [1.29, 1.82) is 0 Å². The van der Waals surface area contributed by atoms with Crippen LogP contribution in [0.3, 0.4) is 0 Å². The molecule has 148 valence electrons. The van der Waals surface area contributed by atoms with Crippen molar-refractivity contribution in [2.24, 2.45) is 10.2 Å². The number of fused-ring (bicyclic) bond motifs is 1. The van der Waals surface area contributed by atoms with E-state index in [9.17, 15) is 4.79 Å². The zero-order valence-electron chi connectivity index (χ0n) is 15.7. The number of ether oxygens (including phenoxy) is 1. The lowest BCUT2D eigenvalue weighted by Crippen LogP contribution is -2.21. The molecule has 1 aliphatic heterocycles. The maximum atomic E-state index is 11.6. The molecule has 1 aromatic carbocycles. The predicted molar refractivity (Wildman–Crippen MR) is 121 cm³/mol. The maximum absolute atomic E-state index is 11.6. The zero-order chi connectivity index (χ0) is 20.4. The van der Waals surface area contributed by atoms with E-state index >= 15 is 0 Å². The molecule has 0 aliphatic carbocycles. The first-order valence-electron chi connectivity index (χ1n) is 8.97. The summed E-state index contributed by atoms with van der Waals surface area (Å²) in [5, 5.41) is 12.0. The van der Waals surface area contributed by atoms with Gasteiger partial charge in [0.1, 0.15) is 10.5 Å². The second-order valence-electron chi connectivity index (χ2n) is 6.06. The van der Waals surface area contributed by atoms with Crippen LogP contribution >= 0.6 is 34.9 Å². The van der Waals surface area contributed by atoms with Crippen LogP contribution in [0.15, 0.2) is 46.3 Å². The van der Waals surface area contributed by atoms with E-state index in [-0.39, 0.29) is 5.17 Å². The number of hydrogen-bond acceptors (Lipinski definition) is 9. The standard InChI is InChI=1S/C19H17N5O2S3/c1-3-24(4-2)12-7-5-11(6-8-12)22-23-18-21-16-15(29-18)10-13(28-16)9-14-17(25)26-19(27)20-14/h5-10H,3-4H2,1-2H3,(H,20,27)/b14-9+,23-22?. The molecule has 0 unspecified atom stereocenters. The number of benzene rings is 1. The monoisotopic (exact) mass is 443 g/mol. The molecule has 1 fully saturated rings. The molecular formula is C19H17N5O2S3. The molecule has 29 heavy (non-hydrogen) atoms. The molecule has 3 aromatic rings. The van der Waals surface area contributed by atoms with Crippen LogP contribution in [0, 0.1) is 0 Å². The third-order valence-electron chi connectivity index (χ3n) is 4.26. The number of esters is 1. The summed E-state index contributed by atoms with van der Waals surface area (Å²) in [5.74, 6) is -0.471. The first-order chi connectivity index (χ1) is 14.1. The van der Waals surface area contributed by atoms with Gasteiger partial charge in [-0.2, -0.15) is 0 Å². The summed E-state index contributed by atoms with van der Waals surface area (Å²) in [7, 11) is 0. The molecular weight excluding hydrogens is 426 g/mol. The van der Waals surface area contributed by atoms with Crippen molar-refractivity contribution in [3.8, 4) is 0 Å². The molecule has 0 radical (unpaired) electrons. The van der Waals surface area contributed by atoms with E-state index in [4.69, 9.17) is 17.0 Å². The van der Waals surface area contributed by atoms with Gasteiger partial charge in [0.25, 0.3) is 5.17 Å². The predicted octanol–water partition coefficient (Wildman–Crippen LogP) is 5.39. The van der Waals surface area contributed by atoms with E-state index in [0.717, 1.165) is 33.2 Å². The molecule has 1 N–H and O–H groups in total. The average Bonchev–Trinajstić information content (AvgIpc) is 3.35. The van der Waals surface area contributed by atoms with Crippen molar-refractivity contribution in [2.45, 2.75) is 13.8 Å². The Bertz CT molecular complexity index is 1100. The number of thiazole rings is 1. The van der Waals surface area contributed by atoms with Crippen molar-refractivity contribution >= 4 is 78.1 Å². The highest BCUT2D eigenvalue weighted by atomic mass is 32.1. The van der Waals surface area contributed by atoms with Crippen molar-refractivity contribution in [3.63, 3.8) is 0 Å². The van der Waals surface area contributed by atoms with Crippen molar-refractivity contribution in [2.75, 3.05) is 18.0 Å². The van der Waals surface area contributed by atoms with E-state index in [2.05, 4.69) is 51.4 Å². The molecule has 4 rings (SSSR count). The lowest BCUT2D eigenvalue weighted by atomic mass is 10.2. The normalized spacial score (nSPS) is 15.4. The Labute approximate surface area is 180 Å². The number of carbonyl (C=O) groups is 1. The molecule has 0 spiro atoms. The Balaban J connectivity index is 1.48. The fourth-order valence-electron chi connectivity index (χ4n) is 2.84. The van der Waals surface area contributed by atoms with Gasteiger partial charge in [-0.25, -0.2) is 9.78 Å². The summed E-state index contributed by atoms with van der Waals surface area (Å²) in [6, 6.07) is 9.97. The third-order valence-corrected chi connectivity index (χ3v) is 6.43. The Morgan fingerprint density at radius 1 is 1.21 bits per heavy atom. The summed E-state index contributed by atoms with van der Waals surface area (Å²) >= 11 is 7.74. The minimum atomic E-state index is -0.471. The molecule has 1 saturated heterocycles. The van der Waals surface area contributed by atoms with Crippen LogP contribution in [0.4, 0.5) is 16.5 Å². The highest BCUT2D eigenvalue weighted by Crippen LogP contribution is 2.36.